The first-order valence-corrected chi connectivity index (χ1v) is 5.82. The molecule has 0 aliphatic carbocycles. The number of aliphatic hydroxyl groups excluding tert-OH is 1. The van der Waals surface area contributed by atoms with E-state index in [9.17, 15) is 9.90 Å². The highest BCUT2D eigenvalue weighted by molar-refractivity contribution is 5.91. The van der Waals surface area contributed by atoms with E-state index in [2.05, 4.69) is 5.32 Å². The third kappa shape index (κ3) is 5.65. The molecule has 1 aromatic rings. The van der Waals surface area contributed by atoms with Gasteiger partial charge in [0.2, 0.25) is 5.91 Å². The molecule has 5 nitrogen and oxygen atoms in total. The Balaban J connectivity index is 2.31. The minimum Gasteiger partial charge on any atom is -0.462 e. The maximum Gasteiger partial charge on any atom is 0.244 e. The van der Waals surface area contributed by atoms with E-state index >= 15 is 0 Å². The van der Waals surface area contributed by atoms with Crippen LogP contribution in [0.25, 0.3) is 6.08 Å². The Labute approximate surface area is 107 Å². The molecule has 0 aromatic carbocycles. The molecule has 1 unspecified atom stereocenters. The van der Waals surface area contributed by atoms with E-state index in [-0.39, 0.29) is 12.5 Å². The molecule has 1 amide bonds. The summed E-state index contributed by atoms with van der Waals surface area (Å²) in [6, 6.07) is 3.62. The van der Waals surface area contributed by atoms with Crippen molar-refractivity contribution in [1.82, 2.24) is 10.2 Å². The second kappa shape index (κ2) is 6.98. The van der Waals surface area contributed by atoms with Gasteiger partial charge in [-0.2, -0.15) is 0 Å². The molecule has 0 aliphatic heterocycles. The summed E-state index contributed by atoms with van der Waals surface area (Å²) in [7, 11) is 3.73. The summed E-state index contributed by atoms with van der Waals surface area (Å²) < 4.78 is 5.29. The molecule has 1 rings (SSSR count). The lowest BCUT2D eigenvalue weighted by Gasteiger charge is -2.15. The molecular weight excluding hydrogens is 232 g/mol. The highest BCUT2D eigenvalue weighted by atomic mass is 16.3. The van der Waals surface area contributed by atoms with E-state index in [0.717, 1.165) is 5.76 Å². The number of aliphatic hydroxyl groups is 1. The second-order valence-electron chi connectivity index (χ2n) is 4.44. The quantitative estimate of drug-likeness (QED) is 0.729. The first-order chi connectivity index (χ1) is 8.47. The van der Waals surface area contributed by atoms with Crippen LogP contribution in [0.15, 0.2) is 22.6 Å². The molecule has 5 heteroatoms. The van der Waals surface area contributed by atoms with Crippen molar-refractivity contribution in [1.29, 1.82) is 0 Å². The molecule has 2 N–H and O–H groups in total. The van der Waals surface area contributed by atoms with Gasteiger partial charge in [0.1, 0.15) is 11.5 Å². The van der Waals surface area contributed by atoms with Crippen LogP contribution < -0.4 is 5.32 Å². The van der Waals surface area contributed by atoms with Crippen LogP contribution in [-0.2, 0) is 4.79 Å². The van der Waals surface area contributed by atoms with Gasteiger partial charge in [-0.05, 0) is 39.2 Å². The minimum absolute atomic E-state index is 0.235. The average Bonchev–Trinajstić information content (AvgIpc) is 2.69. The smallest absolute Gasteiger partial charge is 0.244 e. The molecule has 0 spiro atoms. The van der Waals surface area contributed by atoms with Gasteiger partial charge < -0.3 is 19.7 Å². The van der Waals surface area contributed by atoms with Gasteiger partial charge in [-0.1, -0.05) is 0 Å². The van der Waals surface area contributed by atoms with Crippen molar-refractivity contribution in [2.45, 2.75) is 13.0 Å². The molecule has 1 atom stereocenters. The fourth-order valence-corrected chi connectivity index (χ4v) is 1.46. The Bertz CT molecular complexity index is 410. The van der Waals surface area contributed by atoms with Crippen LogP contribution in [0.4, 0.5) is 0 Å². The molecule has 1 aromatic heterocycles. The predicted molar refractivity (Wildman–Crippen MR) is 70.0 cm³/mol. The van der Waals surface area contributed by atoms with E-state index in [1.165, 1.54) is 6.08 Å². The van der Waals surface area contributed by atoms with Gasteiger partial charge in [0, 0.05) is 19.2 Å². The lowest BCUT2D eigenvalue weighted by Crippen LogP contribution is -2.37. The van der Waals surface area contributed by atoms with Crippen LogP contribution in [0, 0.1) is 6.92 Å². The van der Waals surface area contributed by atoms with Crippen molar-refractivity contribution in [2.75, 3.05) is 27.2 Å². The van der Waals surface area contributed by atoms with Crippen molar-refractivity contribution in [3.63, 3.8) is 0 Å². The van der Waals surface area contributed by atoms with Crippen LogP contribution in [0.2, 0.25) is 0 Å². The minimum atomic E-state index is -0.566. The van der Waals surface area contributed by atoms with Gasteiger partial charge in [-0.3, -0.25) is 4.79 Å². The fraction of sp³-hybridized carbons (Fsp3) is 0.462. The van der Waals surface area contributed by atoms with Crippen LogP contribution in [0.1, 0.15) is 11.5 Å². The molecule has 0 aliphatic rings. The summed E-state index contributed by atoms with van der Waals surface area (Å²) >= 11 is 0. The van der Waals surface area contributed by atoms with Gasteiger partial charge in [-0.25, -0.2) is 0 Å². The van der Waals surface area contributed by atoms with E-state index in [4.69, 9.17) is 4.42 Å². The lowest BCUT2D eigenvalue weighted by atomic mass is 10.3. The molecule has 0 bridgehead atoms. The number of aryl methyl sites for hydroxylation is 1. The number of hydrogen-bond acceptors (Lipinski definition) is 4. The number of rotatable bonds is 6. The zero-order valence-corrected chi connectivity index (χ0v) is 11.0. The van der Waals surface area contributed by atoms with Gasteiger partial charge in [0.15, 0.2) is 0 Å². The summed E-state index contributed by atoms with van der Waals surface area (Å²) in [6.45, 7) is 2.59. The molecule has 0 fully saturated rings. The summed E-state index contributed by atoms with van der Waals surface area (Å²) in [5.74, 6) is 1.19. The Kier molecular flexibility index (Phi) is 5.61. The topological polar surface area (TPSA) is 65.7 Å². The molecule has 0 saturated carbocycles. The van der Waals surface area contributed by atoms with E-state index < -0.39 is 6.10 Å². The monoisotopic (exact) mass is 252 g/mol. The zero-order chi connectivity index (χ0) is 13.5. The van der Waals surface area contributed by atoms with Crippen molar-refractivity contribution in [3.8, 4) is 0 Å². The van der Waals surface area contributed by atoms with E-state index in [1.54, 1.807) is 12.1 Å². The van der Waals surface area contributed by atoms with Crippen molar-refractivity contribution < 1.29 is 14.3 Å². The van der Waals surface area contributed by atoms with Crippen molar-refractivity contribution >= 4 is 12.0 Å². The van der Waals surface area contributed by atoms with Crippen molar-refractivity contribution in [2.24, 2.45) is 0 Å². The summed E-state index contributed by atoms with van der Waals surface area (Å²) in [4.78, 5) is 13.3. The Hall–Kier alpha value is -1.59. The Morgan fingerprint density at radius 3 is 2.83 bits per heavy atom. The average molecular weight is 252 g/mol. The van der Waals surface area contributed by atoms with Gasteiger partial charge >= 0.3 is 0 Å². The molecule has 100 valence electrons. The first kappa shape index (κ1) is 14.5. The SMILES string of the molecule is Cc1ccc(/C=C/C(=O)NCC(O)CN(C)C)o1. The summed E-state index contributed by atoms with van der Waals surface area (Å²) in [6.07, 6.45) is 2.42. The molecule has 0 radical (unpaired) electrons. The maximum absolute atomic E-state index is 11.4. The number of carbonyl (C=O) groups is 1. The summed E-state index contributed by atoms with van der Waals surface area (Å²) in [5.41, 5.74) is 0. The number of hydrogen-bond donors (Lipinski definition) is 2. The standard InChI is InChI=1S/C13H20N2O3/c1-10-4-5-12(18-10)6-7-13(17)14-8-11(16)9-15(2)3/h4-7,11,16H,8-9H2,1-3H3,(H,14,17)/b7-6+. The number of carbonyl (C=O) groups excluding carboxylic acids is 1. The van der Waals surface area contributed by atoms with Crippen LogP contribution in [0.3, 0.4) is 0 Å². The third-order valence-corrected chi connectivity index (χ3v) is 2.25. The van der Waals surface area contributed by atoms with Gasteiger partial charge in [-0.15, -0.1) is 0 Å². The summed E-state index contributed by atoms with van der Waals surface area (Å²) in [5, 5.41) is 12.2. The van der Waals surface area contributed by atoms with E-state index in [0.29, 0.717) is 12.3 Å². The third-order valence-electron chi connectivity index (χ3n) is 2.25. The largest absolute Gasteiger partial charge is 0.462 e. The van der Waals surface area contributed by atoms with E-state index in [1.807, 2.05) is 32.0 Å². The highest BCUT2D eigenvalue weighted by Gasteiger charge is 2.06. The van der Waals surface area contributed by atoms with Crippen LogP contribution in [-0.4, -0.2) is 49.2 Å². The Morgan fingerprint density at radius 1 is 1.56 bits per heavy atom. The predicted octanol–water partition coefficient (Wildman–Crippen LogP) is 0.640. The number of nitrogens with zero attached hydrogens (tertiary/aromatic N) is 1. The fourth-order valence-electron chi connectivity index (χ4n) is 1.46. The number of nitrogens with one attached hydrogen (secondary N) is 1. The van der Waals surface area contributed by atoms with Gasteiger partial charge in [0.25, 0.3) is 0 Å². The van der Waals surface area contributed by atoms with Crippen molar-refractivity contribution in [3.05, 3.63) is 29.7 Å². The highest BCUT2D eigenvalue weighted by Crippen LogP contribution is 2.07. The molecule has 1 heterocycles. The molecule has 18 heavy (non-hydrogen) atoms. The Morgan fingerprint density at radius 2 is 2.28 bits per heavy atom. The lowest BCUT2D eigenvalue weighted by molar-refractivity contribution is -0.116. The number of amides is 1. The van der Waals surface area contributed by atoms with Gasteiger partial charge in [0.05, 0.1) is 6.10 Å². The number of furan rings is 1. The molecular formula is C13H20N2O3. The van der Waals surface area contributed by atoms with Crippen LogP contribution >= 0.6 is 0 Å². The first-order valence-electron chi connectivity index (χ1n) is 5.82. The molecule has 0 saturated heterocycles. The maximum atomic E-state index is 11.4. The number of likely N-dealkylation sites (N-methyl/N-ethyl adjacent to an activating group) is 1. The zero-order valence-electron chi connectivity index (χ0n) is 11.0. The van der Waals surface area contributed by atoms with Crippen LogP contribution in [0.5, 0.6) is 0 Å². The second-order valence-corrected chi connectivity index (χ2v) is 4.44. The normalized spacial score (nSPS) is 13.2.